The van der Waals surface area contributed by atoms with E-state index in [-0.39, 0.29) is 6.79 Å². The molecule has 1 aliphatic rings. The smallest absolute Gasteiger partial charge is 0.231 e. The molecule has 2 N–H and O–H groups in total. The van der Waals surface area contributed by atoms with Crippen LogP contribution in [0, 0.1) is 0 Å². The summed E-state index contributed by atoms with van der Waals surface area (Å²) in [4.78, 5) is 10.8. The molecule has 0 radical (unpaired) electrons. The van der Waals surface area contributed by atoms with Gasteiger partial charge in [-0.1, -0.05) is 11.6 Å². The first-order valence-corrected chi connectivity index (χ1v) is 4.92. The molecule has 0 saturated carbocycles. The van der Waals surface area contributed by atoms with Gasteiger partial charge in [0, 0.05) is 10.6 Å². The van der Waals surface area contributed by atoms with Crippen molar-refractivity contribution in [2.24, 2.45) is 5.73 Å². The van der Waals surface area contributed by atoms with E-state index >= 15 is 0 Å². The number of hydrogen-bond acceptors (Lipinski definition) is 4. The molecule has 0 unspecified atom stereocenters. The Morgan fingerprint density at radius 1 is 1.47 bits per heavy atom. The van der Waals surface area contributed by atoms with Crippen molar-refractivity contribution in [3.63, 3.8) is 0 Å². The van der Waals surface area contributed by atoms with Gasteiger partial charge in [-0.3, -0.25) is 4.79 Å². The fourth-order valence-electron chi connectivity index (χ4n) is 1.58. The highest BCUT2D eigenvalue weighted by Gasteiger charge is 2.23. The molecule has 0 atom stereocenters. The Labute approximate surface area is 91.9 Å². The van der Waals surface area contributed by atoms with Crippen molar-refractivity contribution in [3.8, 4) is 11.5 Å². The third-order valence-corrected chi connectivity index (χ3v) is 2.58. The molecule has 0 spiro atoms. The zero-order chi connectivity index (χ0) is 10.8. The predicted molar refractivity (Wildman–Crippen MR) is 55.7 cm³/mol. The lowest BCUT2D eigenvalue weighted by atomic mass is 10.1. The summed E-state index contributed by atoms with van der Waals surface area (Å²) in [6, 6.07) is 1.58. The normalized spacial score (nSPS) is 12.9. The van der Waals surface area contributed by atoms with Crippen LogP contribution in [0.2, 0.25) is 5.02 Å². The third-order valence-electron chi connectivity index (χ3n) is 2.24. The van der Waals surface area contributed by atoms with Gasteiger partial charge >= 0.3 is 0 Å². The number of benzene rings is 1. The number of rotatable bonds is 3. The van der Waals surface area contributed by atoms with Gasteiger partial charge in [0.2, 0.25) is 6.79 Å². The van der Waals surface area contributed by atoms with Crippen LogP contribution in [0.15, 0.2) is 6.07 Å². The maximum atomic E-state index is 10.8. The molecule has 1 heterocycles. The minimum atomic E-state index is 0.119. The fourth-order valence-corrected chi connectivity index (χ4v) is 1.88. The lowest BCUT2D eigenvalue weighted by Gasteiger charge is -2.08. The van der Waals surface area contributed by atoms with Crippen LogP contribution < -0.4 is 15.2 Å². The first-order chi connectivity index (χ1) is 7.27. The van der Waals surface area contributed by atoms with E-state index in [1.165, 1.54) is 0 Å². The van der Waals surface area contributed by atoms with Crippen molar-refractivity contribution >= 4 is 17.9 Å². The summed E-state index contributed by atoms with van der Waals surface area (Å²) in [5.41, 5.74) is 6.68. The van der Waals surface area contributed by atoms with Crippen molar-refractivity contribution in [1.82, 2.24) is 0 Å². The number of aldehydes is 1. The molecule has 2 rings (SSSR count). The quantitative estimate of drug-likeness (QED) is 0.793. The Kier molecular flexibility index (Phi) is 2.79. The minimum Gasteiger partial charge on any atom is -0.453 e. The number of carbonyl (C=O) groups excluding carboxylic acids is 1. The van der Waals surface area contributed by atoms with E-state index in [0.717, 1.165) is 5.56 Å². The molecule has 1 aliphatic heterocycles. The van der Waals surface area contributed by atoms with Crippen LogP contribution in [-0.2, 0) is 6.42 Å². The second-order valence-corrected chi connectivity index (χ2v) is 3.55. The lowest BCUT2D eigenvalue weighted by molar-refractivity contribution is 0.111. The number of halogens is 1. The van der Waals surface area contributed by atoms with Gasteiger partial charge in [-0.25, -0.2) is 0 Å². The standard InChI is InChI=1S/C10H10ClNO3/c11-8-3-6(4-13)9-10(15-5-14-9)7(8)1-2-12/h3-4H,1-2,5,12H2. The third kappa shape index (κ3) is 1.66. The van der Waals surface area contributed by atoms with Crippen molar-refractivity contribution in [3.05, 3.63) is 22.2 Å². The average Bonchev–Trinajstić information content (AvgIpc) is 2.70. The number of hydrogen-bond donors (Lipinski definition) is 1. The highest BCUT2D eigenvalue weighted by molar-refractivity contribution is 6.32. The highest BCUT2D eigenvalue weighted by Crippen LogP contribution is 2.42. The Hall–Kier alpha value is -1.26. The van der Waals surface area contributed by atoms with E-state index in [1.807, 2.05) is 0 Å². The largest absolute Gasteiger partial charge is 0.453 e. The number of fused-ring (bicyclic) bond motifs is 1. The van der Waals surface area contributed by atoms with Gasteiger partial charge in [-0.2, -0.15) is 0 Å². The molecule has 15 heavy (non-hydrogen) atoms. The van der Waals surface area contributed by atoms with Crippen LogP contribution >= 0.6 is 11.6 Å². The SMILES string of the molecule is NCCc1c(Cl)cc(C=O)c2c1OCO2. The monoisotopic (exact) mass is 227 g/mol. The Morgan fingerprint density at radius 2 is 2.20 bits per heavy atom. The molecular weight excluding hydrogens is 218 g/mol. The zero-order valence-electron chi connectivity index (χ0n) is 7.96. The van der Waals surface area contributed by atoms with Gasteiger partial charge in [0.1, 0.15) is 0 Å². The van der Waals surface area contributed by atoms with E-state index in [2.05, 4.69) is 0 Å². The van der Waals surface area contributed by atoms with Crippen molar-refractivity contribution in [2.45, 2.75) is 6.42 Å². The molecule has 0 fully saturated rings. The van der Waals surface area contributed by atoms with Crippen LogP contribution in [0.25, 0.3) is 0 Å². The molecule has 80 valence electrons. The van der Waals surface area contributed by atoms with Crippen molar-refractivity contribution in [1.29, 1.82) is 0 Å². The molecule has 1 aromatic carbocycles. The van der Waals surface area contributed by atoms with E-state index in [9.17, 15) is 4.79 Å². The molecule has 0 aliphatic carbocycles. The van der Waals surface area contributed by atoms with Crippen LogP contribution in [0.4, 0.5) is 0 Å². The zero-order valence-corrected chi connectivity index (χ0v) is 8.71. The molecule has 0 saturated heterocycles. The Bertz CT molecular complexity index is 406. The summed E-state index contributed by atoms with van der Waals surface area (Å²) in [6.45, 7) is 0.587. The second-order valence-electron chi connectivity index (χ2n) is 3.15. The van der Waals surface area contributed by atoms with Gasteiger partial charge in [-0.15, -0.1) is 0 Å². The summed E-state index contributed by atoms with van der Waals surface area (Å²) in [5, 5.41) is 0.492. The molecule has 0 aromatic heterocycles. The summed E-state index contributed by atoms with van der Waals surface area (Å²) in [6.07, 6.45) is 1.30. The summed E-state index contributed by atoms with van der Waals surface area (Å²) in [7, 11) is 0. The molecule has 5 heteroatoms. The first-order valence-electron chi connectivity index (χ1n) is 4.54. The van der Waals surface area contributed by atoms with Gasteiger partial charge in [0.25, 0.3) is 0 Å². The molecular formula is C10H10ClNO3. The van der Waals surface area contributed by atoms with Crippen LogP contribution in [-0.4, -0.2) is 19.6 Å². The molecule has 0 amide bonds. The van der Waals surface area contributed by atoms with E-state index in [4.69, 9.17) is 26.8 Å². The van der Waals surface area contributed by atoms with Gasteiger partial charge in [0.15, 0.2) is 17.8 Å². The second kappa shape index (κ2) is 4.08. The Balaban J connectivity index is 2.57. The van der Waals surface area contributed by atoms with E-state index in [0.29, 0.717) is 41.3 Å². The molecule has 4 nitrogen and oxygen atoms in total. The van der Waals surface area contributed by atoms with Crippen LogP contribution in [0.3, 0.4) is 0 Å². The topological polar surface area (TPSA) is 61.6 Å². The van der Waals surface area contributed by atoms with Crippen molar-refractivity contribution in [2.75, 3.05) is 13.3 Å². The summed E-state index contributed by atoms with van der Waals surface area (Å²) < 4.78 is 10.5. The molecule has 0 bridgehead atoms. The maximum absolute atomic E-state index is 10.8. The van der Waals surface area contributed by atoms with E-state index < -0.39 is 0 Å². The maximum Gasteiger partial charge on any atom is 0.231 e. The molecule has 1 aromatic rings. The van der Waals surface area contributed by atoms with Gasteiger partial charge in [-0.05, 0) is 19.0 Å². The van der Waals surface area contributed by atoms with Gasteiger partial charge in [0.05, 0.1) is 5.56 Å². The first kappa shape index (κ1) is 10.3. The predicted octanol–water partition coefficient (Wildman–Crippen LogP) is 1.38. The van der Waals surface area contributed by atoms with Gasteiger partial charge < -0.3 is 15.2 Å². The fraction of sp³-hybridized carbons (Fsp3) is 0.300. The van der Waals surface area contributed by atoms with Crippen LogP contribution in [0.1, 0.15) is 15.9 Å². The number of nitrogens with two attached hydrogens (primary N) is 1. The Morgan fingerprint density at radius 3 is 2.87 bits per heavy atom. The summed E-state index contributed by atoms with van der Waals surface area (Å²) in [5.74, 6) is 1.02. The van der Waals surface area contributed by atoms with Crippen molar-refractivity contribution < 1.29 is 14.3 Å². The average molecular weight is 228 g/mol. The number of ether oxygens (including phenoxy) is 2. The highest BCUT2D eigenvalue weighted by atomic mass is 35.5. The van der Waals surface area contributed by atoms with Crippen LogP contribution in [0.5, 0.6) is 11.5 Å². The lowest BCUT2D eigenvalue weighted by Crippen LogP contribution is -2.04. The minimum absolute atomic E-state index is 0.119. The summed E-state index contributed by atoms with van der Waals surface area (Å²) >= 11 is 6.02. The van der Waals surface area contributed by atoms with E-state index in [1.54, 1.807) is 6.07 Å². The number of carbonyl (C=O) groups is 1.